The van der Waals surface area contributed by atoms with Crippen molar-refractivity contribution in [2.75, 3.05) is 11.6 Å². The molecule has 1 aliphatic rings. The molecule has 8 heteroatoms. The second-order valence-electron chi connectivity index (χ2n) is 6.29. The summed E-state index contributed by atoms with van der Waals surface area (Å²) in [6.07, 6.45) is 1.63. The summed E-state index contributed by atoms with van der Waals surface area (Å²) in [6, 6.07) is -0.0709. The molecule has 0 aliphatic carbocycles. The van der Waals surface area contributed by atoms with Gasteiger partial charge in [0.25, 0.3) is 5.56 Å². The van der Waals surface area contributed by atoms with E-state index in [1.165, 1.54) is 9.13 Å². The Labute approximate surface area is 140 Å². The van der Waals surface area contributed by atoms with Gasteiger partial charge in [-0.3, -0.25) is 18.5 Å². The largest absolute Gasteiger partial charge is 0.332 e. The molecule has 0 fully saturated rings. The molecule has 2 aromatic rings. The molecule has 3 rings (SSSR count). The number of imidazole rings is 1. The molecule has 0 saturated carbocycles. The lowest BCUT2D eigenvalue weighted by molar-refractivity contribution is 0.586. The van der Waals surface area contributed by atoms with Gasteiger partial charge >= 0.3 is 5.69 Å². The lowest BCUT2D eigenvalue weighted by atomic mass is 10.2. The predicted octanol–water partition coefficient (Wildman–Crippen LogP) is 1.47. The van der Waals surface area contributed by atoms with E-state index in [0.717, 1.165) is 18.6 Å². The fourth-order valence-electron chi connectivity index (χ4n) is 3.17. The number of rotatable bonds is 4. The highest BCUT2D eigenvalue weighted by molar-refractivity contribution is 5.90. The Balaban J connectivity index is 2.41. The first kappa shape index (κ1) is 16.5. The zero-order valence-corrected chi connectivity index (χ0v) is 14.9. The molecule has 0 N–H and O–H groups in total. The Morgan fingerprint density at radius 1 is 1.12 bits per heavy atom. The third-order valence-corrected chi connectivity index (χ3v) is 4.54. The molecule has 0 spiro atoms. The van der Waals surface area contributed by atoms with Crippen LogP contribution in [0.2, 0.25) is 0 Å². The van der Waals surface area contributed by atoms with Crippen LogP contribution in [0, 0.1) is 0 Å². The molecule has 1 atom stereocenters. The lowest BCUT2D eigenvalue weighted by Gasteiger charge is -2.28. The van der Waals surface area contributed by atoms with E-state index < -0.39 is 0 Å². The average molecular weight is 332 g/mol. The number of fused-ring (bicyclic) bond motifs is 3. The van der Waals surface area contributed by atoms with Crippen LogP contribution in [0.1, 0.15) is 46.6 Å². The Morgan fingerprint density at radius 3 is 2.42 bits per heavy atom. The van der Waals surface area contributed by atoms with Gasteiger partial charge < -0.3 is 0 Å². The van der Waals surface area contributed by atoms with Crippen molar-refractivity contribution in [3.8, 4) is 0 Å². The first-order chi connectivity index (χ1) is 11.4. The summed E-state index contributed by atoms with van der Waals surface area (Å²) in [7, 11) is 1.66. The molecule has 0 aromatic carbocycles. The molecule has 0 radical (unpaired) electrons. The average Bonchev–Trinajstić information content (AvgIpc) is 2.96. The summed E-state index contributed by atoms with van der Waals surface area (Å²) in [5.74, 6) is 0.631. The Hall–Kier alpha value is -2.38. The second-order valence-corrected chi connectivity index (χ2v) is 6.29. The van der Waals surface area contributed by atoms with E-state index in [1.807, 2.05) is 30.3 Å². The Morgan fingerprint density at radius 2 is 1.79 bits per heavy atom. The first-order valence-electron chi connectivity index (χ1n) is 8.46. The molecule has 0 saturated heterocycles. The van der Waals surface area contributed by atoms with Crippen molar-refractivity contribution in [1.29, 1.82) is 0 Å². The highest BCUT2D eigenvalue weighted by Crippen LogP contribution is 2.29. The SMILES string of the molecule is CCCN1N=C(C)[C@@H](C)n2c1nc1c2c(=O)n(CCC)c(=O)n1C. The van der Waals surface area contributed by atoms with Crippen molar-refractivity contribution in [3.05, 3.63) is 20.8 Å². The van der Waals surface area contributed by atoms with Gasteiger partial charge in [0, 0.05) is 20.1 Å². The Kier molecular flexibility index (Phi) is 4.06. The number of aryl methyl sites for hydroxylation is 1. The standard InChI is InChI=1S/C16H24N6O2/c1-6-8-20-14(23)12-13(19(5)16(20)24)17-15-21(9-7-2)18-10(3)11(4)22(12)15/h11H,6-9H2,1-5H3/t11-/m1/s1. The molecule has 3 heterocycles. The van der Waals surface area contributed by atoms with Crippen LogP contribution in [0.4, 0.5) is 5.95 Å². The number of nitrogens with zero attached hydrogens (tertiary/aromatic N) is 6. The molecule has 2 aromatic heterocycles. The van der Waals surface area contributed by atoms with Gasteiger partial charge in [0.05, 0.1) is 11.8 Å². The molecule has 130 valence electrons. The van der Waals surface area contributed by atoms with E-state index in [-0.39, 0.29) is 17.3 Å². The summed E-state index contributed by atoms with van der Waals surface area (Å²) < 4.78 is 4.68. The summed E-state index contributed by atoms with van der Waals surface area (Å²) >= 11 is 0. The number of hydrazone groups is 1. The third-order valence-electron chi connectivity index (χ3n) is 4.54. The van der Waals surface area contributed by atoms with Crippen molar-refractivity contribution in [2.45, 2.75) is 53.1 Å². The molecular weight excluding hydrogens is 308 g/mol. The minimum absolute atomic E-state index is 0.0709. The molecule has 0 unspecified atom stereocenters. The summed E-state index contributed by atoms with van der Waals surface area (Å²) in [6.45, 7) is 9.09. The molecule has 0 amide bonds. The van der Waals surface area contributed by atoms with Crippen molar-refractivity contribution in [2.24, 2.45) is 12.1 Å². The summed E-state index contributed by atoms with van der Waals surface area (Å²) in [4.78, 5) is 30.1. The zero-order chi connectivity index (χ0) is 17.6. The molecule has 0 bridgehead atoms. The highest BCUT2D eigenvalue weighted by atomic mass is 16.2. The van der Waals surface area contributed by atoms with Gasteiger partial charge in [0.1, 0.15) is 0 Å². The molecule has 8 nitrogen and oxygen atoms in total. The number of aromatic nitrogens is 4. The van der Waals surface area contributed by atoms with Crippen LogP contribution in [0.3, 0.4) is 0 Å². The first-order valence-corrected chi connectivity index (χ1v) is 8.46. The lowest BCUT2D eigenvalue weighted by Crippen LogP contribution is -2.40. The Bertz CT molecular complexity index is 933. The number of hydrogen-bond acceptors (Lipinski definition) is 5. The van der Waals surface area contributed by atoms with Crippen molar-refractivity contribution in [1.82, 2.24) is 18.7 Å². The van der Waals surface area contributed by atoms with Crippen LogP contribution in [0.5, 0.6) is 0 Å². The van der Waals surface area contributed by atoms with Crippen molar-refractivity contribution in [3.63, 3.8) is 0 Å². The van der Waals surface area contributed by atoms with Crippen LogP contribution < -0.4 is 16.3 Å². The van der Waals surface area contributed by atoms with Gasteiger partial charge in [-0.25, -0.2) is 9.80 Å². The molecule has 1 aliphatic heterocycles. The molecule has 24 heavy (non-hydrogen) atoms. The van der Waals surface area contributed by atoms with Gasteiger partial charge in [-0.05, 0) is 26.7 Å². The minimum atomic E-state index is -0.322. The third kappa shape index (κ3) is 2.20. The fraction of sp³-hybridized carbons (Fsp3) is 0.625. The zero-order valence-electron chi connectivity index (χ0n) is 14.9. The highest BCUT2D eigenvalue weighted by Gasteiger charge is 2.30. The van der Waals surface area contributed by atoms with Crippen LogP contribution in [0.15, 0.2) is 14.7 Å². The van der Waals surface area contributed by atoms with E-state index in [4.69, 9.17) is 0 Å². The van der Waals surface area contributed by atoms with Gasteiger partial charge in [-0.15, -0.1) is 0 Å². The monoisotopic (exact) mass is 332 g/mol. The van der Waals surface area contributed by atoms with Crippen LogP contribution >= 0.6 is 0 Å². The van der Waals surface area contributed by atoms with E-state index >= 15 is 0 Å². The van der Waals surface area contributed by atoms with Gasteiger partial charge in [0.2, 0.25) is 5.95 Å². The molecular formula is C16H24N6O2. The number of anilines is 1. The summed E-state index contributed by atoms with van der Waals surface area (Å²) in [5.41, 5.74) is 1.22. The summed E-state index contributed by atoms with van der Waals surface area (Å²) in [5, 5.41) is 6.42. The minimum Gasteiger partial charge on any atom is -0.294 e. The smallest absolute Gasteiger partial charge is 0.294 e. The quantitative estimate of drug-likeness (QED) is 0.849. The van der Waals surface area contributed by atoms with Crippen molar-refractivity contribution < 1.29 is 0 Å². The van der Waals surface area contributed by atoms with Gasteiger partial charge in [-0.2, -0.15) is 10.1 Å². The van der Waals surface area contributed by atoms with Crippen LogP contribution in [-0.2, 0) is 13.6 Å². The van der Waals surface area contributed by atoms with Gasteiger partial charge in [0.15, 0.2) is 11.2 Å². The fourth-order valence-corrected chi connectivity index (χ4v) is 3.17. The maximum Gasteiger partial charge on any atom is 0.332 e. The maximum atomic E-state index is 13.0. The topological polar surface area (TPSA) is 77.4 Å². The van der Waals surface area contributed by atoms with Crippen LogP contribution in [0.25, 0.3) is 11.2 Å². The van der Waals surface area contributed by atoms with E-state index in [1.54, 1.807) is 7.05 Å². The van der Waals surface area contributed by atoms with Crippen LogP contribution in [-0.4, -0.2) is 30.9 Å². The van der Waals surface area contributed by atoms with Crippen molar-refractivity contribution >= 4 is 22.8 Å². The van der Waals surface area contributed by atoms with E-state index in [0.29, 0.717) is 30.2 Å². The van der Waals surface area contributed by atoms with E-state index in [9.17, 15) is 9.59 Å². The van der Waals surface area contributed by atoms with Gasteiger partial charge in [-0.1, -0.05) is 13.8 Å². The normalized spacial score (nSPS) is 17.3. The van der Waals surface area contributed by atoms with E-state index in [2.05, 4.69) is 17.0 Å². The number of hydrogen-bond donors (Lipinski definition) is 0. The predicted molar refractivity (Wildman–Crippen MR) is 95.0 cm³/mol. The second kappa shape index (κ2) is 5.92. The maximum absolute atomic E-state index is 13.0.